The summed E-state index contributed by atoms with van der Waals surface area (Å²) in [5.41, 5.74) is 1.03. The number of rotatable bonds is 2. The van der Waals surface area contributed by atoms with Gasteiger partial charge in [0.25, 0.3) is 0 Å². The first kappa shape index (κ1) is 10.2. The van der Waals surface area contributed by atoms with Crippen LogP contribution >= 0.6 is 11.6 Å². The van der Waals surface area contributed by atoms with E-state index < -0.39 is 0 Å². The molecule has 0 N–H and O–H groups in total. The molecule has 2 rings (SSSR count). The lowest BCUT2D eigenvalue weighted by Crippen LogP contribution is -2.16. The Morgan fingerprint density at radius 2 is 2.47 bits per heavy atom. The number of hydrogen-bond donors (Lipinski definition) is 0. The normalized spacial score (nSPS) is 18.6. The molecule has 0 saturated heterocycles. The molecule has 4 heteroatoms. The van der Waals surface area contributed by atoms with E-state index >= 15 is 0 Å². The zero-order valence-electron chi connectivity index (χ0n) is 8.07. The van der Waals surface area contributed by atoms with Crippen molar-refractivity contribution in [1.29, 1.82) is 0 Å². The number of hydrogen-bond acceptors (Lipinski definition) is 3. The third kappa shape index (κ3) is 2.20. The van der Waals surface area contributed by atoms with Crippen molar-refractivity contribution in [3.63, 3.8) is 0 Å². The van der Waals surface area contributed by atoms with Crippen LogP contribution in [0, 0.1) is 0 Å². The molecule has 0 saturated carbocycles. The molecule has 1 heterocycles. The molecular weight excluding hydrogens is 214 g/mol. The molecule has 1 aliphatic rings. The minimum atomic E-state index is 0.217. The van der Waals surface area contributed by atoms with E-state index in [0.29, 0.717) is 18.2 Å². The summed E-state index contributed by atoms with van der Waals surface area (Å²) in [5, 5.41) is 0.680. The standard InChI is InChI=1S/C11H10ClNO2/c12-9-1-2-11-10(5-9)8(3-4-15-11)6-13-7-14/h1-2,5,8H,3-4,6H2. The molecule has 1 aliphatic heterocycles. The van der Waals surface area contributed by atoms with E-state index in [1.807, 2.05) is 12.1 Å². The fourth-order valence-electron chi connectivity index (χ4n) is 1.77. The highest BCUT2D eigenvalue weighted by Crippen LogP contribution is 2.35. The Bertz CT molecular complexity index is 413. The zero-order valence-corrected chi connectivity index (χ0v) is 8.83. The van der Waals surface area contributed by atoms with Crippen molar-refractivity contribution in [2.45, 2.75) is 12.3 Å². The molecule has 0 amide bonds. The monoisotopic (exact) mass is 223 g/mol. The Balaban J connectivity index is 2.31. The topological polar surface area (TPSA) is 38.7 Å². The molecule has 0 spiro atoms. The van der Waals surface area contributed by atoms with Crippen LogP contribution in [0.5, 0.6) is 5.75 Å². The van der Waals surface area contributed by atoms with Gasteiger partial charge in [0, 0.05) is 16.5 Å². The Morgan fingerprint density at radius 3 is 3.27 bits per heavy atom. The molecule has 15 heavy (non-hydrogen) atoms. The summed E-state index contributed by atoms with van der Waals surface area (Å²) in [6.07, 6.45) is 2.42. The van der Waals surface area contributed by atoms with Gasteiger partial charge in [0.1, 0.15) is 5.75 Å². The van der Waals surface area contributed by atoms with Crippen molar-refractivity contribution >= 4 is 17.7 Å². The number of isocyanates is 1. The molecule has 0 aliphatic carbocycles. The predicted octanol–water partition coefficient (Wildman–Crippen LogP) is 2.54. The average Bonchev–Trinajstić information content (AvgIpc) is 2.26. The van der Waals surface area contributed by atoms with Gasteiger partial charge in [0.15, 0.2) is 0 Å². The van der Waals surface area contributed by atoms with Crippen molar-refractivity contribution in [2.24, 2.45) is 4.99 Å². The van der Waals surface area contributed by atoms with Gasteiger partial charge in [-0.1, -0.05) is 11.6 Å². The molecule has 78 valence electrons. The van der Waals surface area contributed by atoms with Crippen LogP contribution in [0.2, 0.25) is 5.02 Å². The summed E-state index contributed by atoms with van der Waals surface area (Å²) in [6.45, 7) is 1.12. The van der Waals surface area contributed by atoms with Crippen molar-refractivity contribution in [2.75, 3.05) is 13.2 Å². The molecule has 0 aromatic heterocycles. The number of nitrogens with zero attached hydrogens (tertiary/aromatic N) is 1. The highest BCUT2D eigenvalue weighted by atomic mass is 35.5. The number of ether oxygens (including phenoxy) is 1. The van der Waals surface area contributed by atoms with E-state index in [0.717, 1.165) is 17.7 Å². The van der Waals surface area contributed by atoms with Gasteiger partial charge in [-0.05, 0) is 24.6 Å². The molecule has 1 atom stereocenters. The van der Waals surface area contributed by atoms with Gasteiger partial charge in [-0.3, -0.25) is 0 Å². The first-order valence-electron chi connectivity index (χ1n) is 4.77. The maximum absolute atomic E-state index is 10.1. The van der Waals surface area contributed by atoms with Gasteiger partial charge in [-0.25, -0.2) is 9.79 Å². The van der Waals surface area contributed by atoms with Crippen LogP contribution in [0.15, 0.2) is 23.2 Å². The Kier molecular flexibility index (Phi) is 3.05. The van der Waals surface area contributed by atoms with E-state index in [1.54, 1.807) is 12.1 Å². The summed E-state index contributed by atoms with van der Waals surface area (Å²) < 4.78 is 5.49. The van der Waals surface area contributed by atoms with Gasteiger partial charge in [-0.2, -0.15) is 0 Å². The van der Waals surface area contributed by atoms with Crippen molar-refractivity contribution in [1.82, 2.24) is 0 Å². The second kappa shape index (κ2) is 4.47. The Labute approximate surface area is 92.7 Å². The average molecular weight is 224 g/mol. The molecule has 1 unspecified atom stereocenters. The fraction of sp³-hybridized carbons (Fsp3) is 0.364. The molecular formula is C11H10ClNO2. The van der Waals surface area contributed by atoms with E-state index in [-0.39, 0.29) is 5.92 Å². The van der Waals surface area contributed by atoms with Crippen molar-refractivity contribution in [3.05, 3.63) is 28.8 Å². The molecule has 0 bridgehead atoms. The molecule has 3 nitrogen and oxygen atoms in total. The number of benzene rings is 1. The predicted molar refractivity (Wildman–Crippen MR) is 57.3 cm³/mol. The maximum Gasteiger partial charge on any atom is 0.234 e. The van der Waals surface area contributed by atoms with Crippen LogP contribution in [-0.2, 0) is 4.79 Å². The molecule has 0 radical (unpaired) electrons. The lowest BCUT2D eigenvalue weighted by molar-refractivity contribution is 0.269. The summed E-state index contributed by atoms with van der Waals surface area (Å²) >= 11 is 5.91. The highest BCUT2D eigenvalue weighted by molar-refractivity contribution is 6.30. The number of fused-ring (bicyclic) bond motifs is 1. The Hall–Kier alpha value is -1.31. The zero-order chi connectivity index (χ0) is 10.7. The quantitative estimate of drug-likeness (QED) is 0.571. The number of carbonyl (C=O) groups excluding carboxylic acids is 1. The van der Waals surface area contributed by atoms with E-state index in [9.17, 15) is 4.79 Å². The minimum Gasteiger partial charge on any atom is -0.493 e. The van der Waals surface area contributed by atoms with E-state index in [2.05, 4.69) is 4.99 Å². The van der Waals surface area contributed by atoms with Crippen LogP contribution in [0.25, 0.3) is 0 Å². The van der Waals surface area contributed by atoms with Gasteiger partial charge in [0.2, 0.25) is 6.08 Å². The lowest BCUT2D eigenvalue weighted by Gasteiger charge is -2.24. The van der Waals surface area contributed by atoms with Gasteiger partial charge >= 0.3 is 0 Å². The van der Waals surface area contributed by atoms with Crippen LogP contribution in [0.3, 0.4) is 0 Å². The van der Waals surface area contributed by atoms with Gasteiger partial charge in [0.05, 0.1) is 13.2 Å². The van der Waals surface area contributed by atoms with Crippen LogP contribution < -0.4 is 4.74 Å². The smallest absolute Gasteiger partial charge is 0.234 e. The van der Waals surface area contributed by atoms with Gasteiger partial charge in [-0.15, -0.1) is 0 Å². The van der Waals surface area contributed by atoms with E-state index in [1.165, 1.54) is 0 Å². The maximum atomic E-state index is 10.1. The number of aliphatic imine (C=N–C) groups is 1. The van der Waals surface area contributed by atoms with Crippen molar-refractivity contribution < 1.29 is 9.53 Å². The lowest BCUT2D eigenvalue weighted by atomic mass is 9.93. The molecule has 0 fully saturated rings. The summed E-state index contributed by atoms with van der Waals surface area (Å²) in [6, 6.07) is 5.53. The van der Waals surface area contributed by atoms with Crippen molar-refractivity contribution in [3.8, 4) is 5.75 Å². The molecule has 1 aromatic carbocycles. The highest BCUT2D eigenvalue weighted by Gasteiger charge is 2.21. The minimum absolute atomic E-state index is 0.217. The summed E-state index contributed by atoms with van der Waals surface area (Å²) in [4.78, 5) is 13.7. The Morgan fingerprint density at radius 1 is 1.60 bits per heavy atom. The van der Waals surface area contributed by atoms with E-state index in [4.69, 9.17) is 16.3 Å². The number of halogens is 1. The largest absolute Gasteiger partial charge is 0.493 e. The van der Waals surface area contributed by atoms with Gasteiger partial charge < -0.3 is 4.74 Å². The first-order valence-corrected chi connectivity index (χ1v) is 5.15. The fourth-order valence-corrected chi connectivity index (χ4v) is 1.95. The van der Waals surface area contributed by atoms with Crippen LogP contribution in [0.4, 0.5) is 0 Å². The summed E-state index contributed by atoms with van der Waals surface area (Å²) in [5.74, 6) is 1.06. The second-order valence-corrected chi connectivity index (χ2v) is 3.88. The third-order valence-electron chi connectivity index (χ3n) is 2.51. The first-order chi connectivity index (χ1) is 7.31. The van der Waals surface area contributed by atoms with Crippen LogP contribution in [-0.4, -0.2) is 19.2 Å². The second-order valence-electron chi connectivity index (χ2n) is 3.45. The van der Waals surface area contributed by atoms with Crippen LogP contribution in [0.1, 0.15) is 17.9 Å². The SMILES string of the molecule is O=C=NCC1CCOc2ccc(Cl)cc21. The summed E-state index contributed by atoms with van der Waals surface area (Å²) in [7, 11) is 0. The molecule has 1 aromatic rings. The third-order valence-corrected chi connectivity index (χ3v) is 2.75.